The number of hydrogen-bond acceptors (Lipinski definition) is 2. The number of carboxylic acid groups (broad SMARTS) is 1. The van der Waals surface area contributed by atoms with E-state index in [2.05, 4.69) is 15.9 Å². The van der Waals surface area contributed by atoms with E-state index in [9.17, 15) is 9.90 Å². The lowest BCUT2D eigenvalue weighted by Gasteiger charge is -2.15. The molecule has 0 aromatic heterocycles. The van der Waals surface area contributed by atoms with E-state index in [0.29, 0.717) is 22.4 Å². The molecule has 0 amide bonds. The van der Waals surface area contributed by atoms with Crippen LogP contribution >= 0.6 is 15.9 Å². The summed E-state index contributed by atoms with van der Waals surface area (Å²) in [5, 5.41) is 18.5. The fourth-order valence-corrected chi connectivity index (χ4v) is 1.99. The van der Waals surface area contributed by atoms with Crippen molar-refractivity contribution < 1.29 is 15.0 Å². The van der Waals surface area contributed by atoms with Crippen LogP contribution in [0.25, 0.3) is 0 Å². The first-order valence-electron chi connectivity index (χ1n) is 5.13. The van der Waals surface area contributed by atoms with Crippen LogP contribution < -0.4 is 0 Å². The Labute approximate surface area is 103 Å². The molecule has 1 aromatic carbocycles. The van der Waals surface area contributed by atoms with Crippen LogP contribution in [0.15, 0.2) is 22.7 Å². The minimum Gasteiger partial charge on any atom is -0.507 e. The van der Waals surface area contributed by atoms with Crippen LogP contribution in [0.2, 0.25) is 0 Å². The second-order valence-corrected chi connectivity index (χ2v) is 5.09. The zero-order valence-electron chi connectivity index (χ0n) is 9.27. The Bertz CT molecular complexity index is 388. The lowest BCUT2D eigenvalue weighted by atomic mass is 9.90. The molecule has 0 radical (unpaired) electrons. The van der Waals surface area contributed by atoms with Gasteiger partial charge in [0.2, 0.25) is 0 Å². The summed E-state index contributed by atoms with van der Waals surface area (Å²) in [5.41, 5.74) is 0.714. The number of aliphatic carboxylic acids is 1. The number of aromatic hydroxyl groups is 1. The summed E-state index contributed by atoms with van der Waals surface area (Å²) in [4.78, 5) is 11.2. The van der Waals surface area contributed by atoms with Gasteiger partial charge in [0.25, 0.3) is 0 Å². The Kier molecular flexibility index (Phi) is 4.35. The second kappa shape index (κ2) is 5.34. The molecule has 0 bridgehead atoms. The Morgan fingerprint density at radius 2 is 2.06 bits per heavy atom. The standard InChI is InChI=1S/C12H15BrO3/c1-7(2)5-9(12(15)16)8-3-4-11(14)10(13)6-8/h3-4,6-7,9,14H,5H2,1-2H3,(H,15,16). The van der Waals surface area contributed by atoms with Crippen LogP contribution in [-0.4, -0.2) is 16.2 Å². The van der Waals surface area contributed by atoms with Crippen molar-refractivity contribution >= 4 is 21.9 Å². The summed E-state index contributed by atoms with van der Waals surface area (Å²) in [7, 11) is 0. The third-order valence-corrected chi connectivity index (χ3v) is 3.01. The van der Waals surface area contributed by atoms with Gasteiger partial charge in [0.15, 0.2) is 0 Å². The first-order valence-corrected chi connectivity index (χ1v) is 5.92. The molecule has 0 saturated carbocycles. The molecule has 1 atom stereocenters. The maximum Gasteiger partial charge on any atom is 0.310 e. The minimum absolute atomic E-state index is 0.123. The molecule has 2 N–H and O–H groups in total. The molecule has 0 aliphatic rings. The van der Waals surface area contributed by atoms with E-state index in [1.807, 2.05) is 13.8 Å². The molecule has 88 valence electrons. The molecule has 0 aliphatic carbocycles. The van der Waals surface area contributed by atoms with E-state index >= 15 is 0 Å². The molecular formula is C12H15BrO3. The van der Waals surface area contributed by atoms with Crippen molar-refractivity contribution in [1.82, 2.24) is 0 Å². The monoisotopic (exact) mass is 286 g/mol. The zero-order chi connectivity index (χ0) is 12.3. The van der Waals surface area contributed by atoms with E-state index in [1.54, 1.807) is 12.1 Å². The fourth-order valence-electron chi connectivity index (χ4n) is 1.59. The van der Waals surface area contributed by atoms with Gasteiger partial charge in [0.05, 0.1) is 10.4 Å². The third-order valence-electron chi connectivity index (χ3n) is 2.38. The second-order valence-electron chi connectivity index (χ2n) is 4.23. The molecular weight excluding hydrogens is 272 g/mol. The smallest absolute Gasteiger partial charge is 0.310 e. The molecule has 4 heteroatoms. The van der Waals surface area contributed by atoms with Crippen molar-refractivity contribution in [3.63, 3.8) is 0 Å². The van der Waals surface area contributed by atoms with Gasteiger partial charge in [-0.1, -0.05) is 19.9 Å². The maximum absolute atomic E-state index is 11.2. The number of phenols is 1. The molecule has 16 heavy (non-hydrogen) atoms. The lowest BCUT2D eigenvalue weighted by molar-refractivity contribution is -0.139. The molecule has 1 unspecified atom stereocenters. The molecule has 0 spiro atoms. The van der Waals surface area contributed by atoms with Gasteiger partial charge in [-0.05, 0) is 46.0 Å². The molecule has 3 nitrogen and oxygen atoms in total. The SMILES string of the molecule is CC(C)CC(C(=O)O)c1ccc(O)c(Br)c1. The summed E-state index contributed by atoms with van der Waals surface area (Å²) >= 11 is 3.19. The van der Waals surface area contributed by atoms with Crippen LogP contribution in [0.4, 0.5) is 0 Å². The number of carboxylic acids is 1. The highest BCUT2D eigenvalue weighted by molar-refractivity contribution is 9.10. The molecule has 1 aromatic rings. The summed E-state index contributed by atoms with van der Waals surface area (Å²) in [6.45, 7) is 3.98. The lowest BCUT2D eigenvalue weighted by Crippen LogP contribution is -2.14. The Morgan fingerprint density at radius 1 is 1.44 bits per heavy atom. The Hall–Kier alpha value is -1.03. The number of rotatable bonds is 4. The quantitative estimate of drug-likeness (QED) is 0.892. The van der Waals surface area contributed by atoms with E-state index in [4.69, 9.17) is 5.11 Å². The summed E-state index contributed by atoms with van der Waals surface area (Å²) in [6.07, 6.45) is 0.590. The van der Waals surface area contributed by atoms with Gasteiger partial charge >= 0.3 is 5.97 Å². The van der Waals surface area contributed by atoms with Gasteiger partial charge in [-0.15, -0.1) is 0 Å². The average molecular weight is 287 g/mol. The van der Waals surface area contributed by atoms with Crippen molar-refractivity contribution in [2.24, 2.45) is 5.92 Å². The minimum atomic E-state index is -0.828. The maximum atomic E-state index is 11.2. The van der Waals surface area contributed by atoms with Crippen LogP contribution in [0.3, 0.4) is 0 Å². The topological polar surface area (TPSA) is 57.5 Å². The van der Waals surface area contributed by atoms with Crippen LogP contribution in [-0.2, 0) is 4.79 Å². The van der Waals surface area contributed by atoms with Gasteiger partial charge in [0.1, 0.15) is 5.75 Å². The van der Waals surface area contributed by atoms with Crippen LogP contribution in [0.5, 0.6) is 5.75 Å². The van der Waals surface area contributed by atoms with Gasteiger partial charge < -0.3 is 10.2 Å². The number of halogens is 1. The number of carbonyl (C=O) groups is 1. The molecule has 0 fully saturated rings. The first kappa shape index (κ1) is 13.0. The number of hydrogen-bond donors (Lipinski definition) is 2. The molecule has 0 saturated heterocycles. The predicted octanol–water partition coefficient (Wildman–Crippen LogP) is 3.37. The fraction of sp³-hybridized carbons (Fsp3) is 0.417. The summed E-state index contributed by atoms with van der Waals surface area (Å²) < 4.78 is 0.528. The van der Waals surface area contributed by atoms with Crippen molar-refractivity contribution in [3.8, 4) is 5.75 Å². The van der Waals surface area contributed by atoms with Gasteiger partial charge in [-0.25, -0.2) is 0 Å². The average Bonchev–Trinajstić information content (AvgIpc) is 2.18. The molecule has 1 rings (SSSR count). The van der Waals surface area contributed by atoms with E-state index in [-0.39, 0.29) is 5.75 Å². The van der Waals surface area contributed by atoms with Crippen molar-refractivity contribution in [2.45, 2.75) is 26.2 Å². The highest BCUT2D eigenvalue weighted by Crippen LogP contribution is 2.30. The van der Waals surface area contributed by atoms with E-state index < -0.39 is 11.9 Å². The first-order chi connectivity index (χ1) is 7.41. The number of benzene rings is 1. The third kappa shape index (κ3) is 3.23. The highest BCUT2D eigenvalue weighted by atomic mass is 79.9. The summed E-state index contributed by atoms with van der Waals surface area (Å²) in [5.74, 6) is -0.908. The Morgan fingerprint density at radius 3 is 2.50 bits per heavy atom. The van der Waals surface area contributed by atoms with Crippen LogP contribution in [0.1, 0.15) is 31.7 Å². The van der Waals surface area contributed by atoms with Crippen molar-refractivity contribution in [3.05, 3.63) is 28.2 Å². The van der Waals surface area contributed by atoms with Crippen LogP contribution in [0, 0.1) is 5.92 Å². The molecule has 0 aliphatic heterocycles. The van der Waals surface area contributed by atoms with Crippen molar-refractivity contribution in [1.29, 1.82) is 0 Å². The molecule has 0 heterocycles. The predicted molar refractivity (Wildman–Crippen MR) is 65.6 cm³/mol. The zero-order valence-corrected chi connectivity index (χ0v) is 10.9. The normalized spacial score (nSPS) is 12.8. The van der Waals surface area contributed by atoms with E-state index in [1.165, 1.54) is 6.07 Å². The van der Waals surface area contributed by atoms with Gasteiger partial charge in [-0.2, -0.15) is 0 Å². The Balaban J connectivity index is 3.01. The highest BCUT2D eigenvalue weighted by Gasteiger charge is 2.21. The van der Waals surface area contributed by atoms with Gasteiger partial charge in [-0.3, -0.25) is 4.79 Å². The number of phenolic OH excluding ortho intramolecular Hbond substituents is 1. The van der Waals surface area contributed by atoms with Crippen molar-refractivity contribution in [2.75, 3.05) is 0 Å². The summed E-state index contributed by atoms with van der Waals surface area (Å²) in [6, 6.07) is 4.83. The largest absolute Gasteiger partial charge is 0.507 e. The van der Waals surface area contributed by atoms with E-state index in [0.717, 1.165) is 0 Å². The van der Waals surface area contributed by atoms with Gasteiger partial charge in [0, 0.05) is 0 Å².